The number of methoxy groups -OCH3 is 1. The number of fused-ring (bicyclic) bond motifs is 1. The smallest absolute Gasteiger partial charge is 0.257 e. The maximum absolute atomic E-state index is 12.2. The number of para-hydroxylation sites is 2. The van der Waals surface area contributed by atoms with Gasteiger partial charge in [-0.2, -0.15) is 4.98 Å². The Balaban J connectivity index is 1.73. The molecule has 0 saturated carbocycles. The Bertz CT molecular complexity index is 1140. The van der Waals surface area contributed by atoms with Crippen LogP contribution >= 0.6 is 23.0 Å². The van der Waals surface area contributed by atoms with Crippen molar-refractivity contribution in [1.29, 1.82) is 1.12 Å². The largest absolute Gasteiger partial charge is 0.495 e. The van der Waals surface area contributed by atoms with Gasteiger partial charge in [0.05, 0.1) is 34.7 Å². The number of carbonyl (C=O) groups excluding carboxylic acids is 1. The molecule has 1 amide bonds. The summed E-state index contributed by atoms with van der Waals surface area (Å²) in [5, 5.41) is 12.7. The number of benzene rings is 1. The van der Waals surface area contributed by atoms with Gasteiger partial charge in [-0.1, -0.05) is 12.1 Å². The number of amides is 1. The van der Waals surface area contributed by atoms with Crippen molar-refractivity contribution in [3.8, 4) is 5.75 Å². The van der Waals surface area contributed by atoms with Crippen LogP contribution in [-0.4, -0.2) is 31.2 Å². The van der Waals surface area contributed by atoms with Crippen LogP contribution < -0.4 is 20.7 Å². The highest BCUT2D eigenvalue weighted by molar-refractivity contribution is 8.07. The lowest BCUT2D eigenvalue weighted by Crippen LogP contribution is -2.20. The molecule has 0 aliphatic carbocycles. The molecule has 7 nitrogen and oxygen atoms in total. The summed E-state index contributed by atoms with van der Waals surface area (Å²) in [6.45, 7) is 0. The molecule has 2 aromatic heterocycles. The molecule has 1 atom stereocenters. The highest BCUT2D eigenvalue weighted by Crippen LogP contribution is 2.34. The van der Waals surface area contributed by atoms with Gasteiger partial charge in [-0.3, -0.25) is 4.79 Å². The summed E-state index contributed by atoms with van der Waals surface area (Å²) in [6.07, 6.45) is 1.76. The fourth-order valence-corrected chi connectivity index (χ4v) is 4.38. The number of likely N-dealkylation sites (N-methyl/N-ethyl adjacent to an activating group) is 1. The van der Waals surface area contributed by atoms with Crippen LogP contribution in [0.2, 0.25) is 0 Å². The first kappa shape index (κ1) is 17.1. The zero-order valence-corrected chi connectivity index (χ0v) is 16.9. The fraction of sp³-hybridized carbons (Fsp3) is 0.105. The third-order valence-electron chi connectivity index (χ3n) is 4.05. The molecule has 1 aromatic carbocycles. The van der Waals surface area contributed by atoms with E-state index in [4.69, 9.17) is 5.86 Å². The van der Waals surface area contributed by atoms with Crippen LogP contribution in [0.15, 0.2) is 57.8 Å². The van der Waals surface area contributed by atoms with Gasteiger partial charge in [0, 0.05) is 7.05 Å². The SMILES string of the molecule is [2H][SH]1C=CC(Nc2nc(Nc3ccccc3OC)nc3ccsc23)=C1C(=O)NC. The summed E-state index contributed by atoms with van der Waals surface area (Å²) >= 11 is 0.115. The Morgan fingerprint density at radius 3 is 2.93 bits per heavy atom. The normalized spacial score (nSPS) is 17.5. The van der Waals surface area contributed by atoms with Crippen LogP contribution in [0.1, 0.15) is 0 Å². The molecule has 1 aliphatic heterocycles. The van der Waals surface area contributed by atoms with Crippen molar-refractivity contribution in [2.75, 3.05) is 24.8 Å². The second kappa shape index (κ2) is 7.91. The number of thiophene rings is 1. The summed E-state index contributed by atoms with van der Waals surface area (Å²) in [7, 11) is 3.17. The topological polar surface area (TPSA) is 88.2 Å². The number of ether oxygens (including phenoxy) is 1. The molecule has 144 valence electrons. The van der Waals surface area contributed by atoms with E-state index in [2.05, 4.69) is 25.9 Å². The van der Waals surface area contributed by atoms with Gasteiger partial charge >= 0.3 is 0 Å². The summed E-state index contributed by atoms with van der Waals surface area (Å²) in [6, 6.07) is 9.43. The van der Waals surface area contributed by atoms with Crippen LogP contribution in [0.4, 0.5) is 17.5 Å². The molecule has 0 fully saturated rings. The van der Waals surface area contributed by atoms with E-state index in [-0.39, 0.29) is 5.91 Å². The Labute approximate surface area is 171 Å². The van der Waals surface area contributed by atoms with Gasteiger partial charge in [0.1, 0.15) is 5.75 Å². The van der Waals surface area contributed by atoms with E-state index >= 15 is 0 Å². The number of aromatic nitrogens is 2. The number of nitrogens with one attached hydrogen (secondary N) is 3. The van der Waals surface area contributed by atoms with Gasteiger partial charge in [0.2, 0.25) is 5.95 Å². The first-order valence-corrected chi connectivity index (χ1v) is 10.3. The zero-order valence-electron chi connectivity index (χ0n) is 16.2. The van der Waals surface area contributed by atoms with E-state index < -0.39 is 11.7 Å². The number of nitrogens with zero attached hydrogens (tertiary/aromatic N) is 2. The Morgan fingerprint density at radius 2 is 2.11 bits per heavy atom. The molecule has 3 aromatic rings. The Kier molecular flexibility index (Phi) is 4.83. The molecule has 1 aliphatic rings. The molecule has 4 rings (SSSR count). The Hall–Kier alpha value is -3.04. The summed E-state index contributed by atoms with van der Waals surface area (Å²) in [5.41, 5.74) is 2.11. The summed E-state index contributed by atoms with van der Waals surface area (Å²) in [4.78, 5) is 21.8. The zero-order chi connectivity index (χ0) is 20.4. The number of rotatable bonds is 6. The number of hydrogen-bond donors (Lipinski definition) is 3. The van der Waals surface area contributed by atoms with Crippen molar-refractivity contribution in [2.45, 2.75) is 0 Å². The van der Waals surface area contributed by atoms with Gasteiger partial charge in [-0.25, -0.2) is 16.6 Å². The highest BCUT2D eigenvalue weighted by Gasteiger charge is 2.18. The third-order valence-corrected chi connectivity index (χ3v) is 5.96. The van der Waals surface area contributed by atoms with Crippen LogP contribution in [-0.2, 0) is 4.79 Å². The second-order valence-corrected chi connectivity index (χ2v) is 7.69. The molecule has 3 heterocycles. The van der Waals surface area contributed by atoms with E-state index in [9.17, 15) is 4.79 Å². The van der Waals surface area contributed by atoms with Gasteiger partial charge < -0.3 is 20.7 Å². The van der Waals surface area contributed by atoms with Gasteiger partial charge in [-0.05, 0) is 35.1 Å². The third kappa shape index (κ3) is 3.54. The first-order chi connectivity index (χ1) is 14.1. The van der Waals surface area contributed by atoms with E-state index in [1.54, 1.807) is 25.6 Å². The maximum Gasteiger partial charge on any atom is 0.257 e. The molecule has 0 saturated heterocycles. The van der Waals surface area contributed by atoms with Crippen LogP contribution in [0.5, 0.6) is 5.75 Å². The van der Waals surface area contributed by atoms with Gasteiger partial charge in [-0.15, -0.1) is 11.3 Å². The maximum atomic E-state index is 12.2. The molecular formula is C19H19N5O2S2. The monoisotopic (exact) mass is 414 g/mol. The molecule has 28 heavy (non-hydrogen) atoms. The minimum Gasteiger partial charge on any atom is -0.495 e. The van der Waals surface area contributed by atoms with Crippen LogP contribution in [0, 0.1) is 0 Å². The van der Waals surface area contributed by atoms with E-state index in [0.29, 0.717) is 28.1 Å². The average Bonchev–Trinajstić information content (AvgIpc) is 3.34. The number of allylic oxidation sites excluding steroid dienone is 1. The molecule has 9 heteroatoms. The lowest BCUT2D eigenvalue weighted by atomic mass is 10.3. The molecular weight excluding hydrogens is 394 g/mol. The van der Waals surface area contributed by atoms with Crippen molar-refractivity contribution in [2.24, 2.45) is 0 Å². The number of carbonyl (C=O) groups is 1. The van der Waals surface area contributed by atoms with Crippen molar-refractivity contribution in [1.82, 2.24) is 15.3 Å². The van der Waals surface area contributed by atoms with E-state index in [0.717, 1.165) is 15.9 Å². The van der Waals surface area contributed by atoms with Gasteiger partial charge in [0.15, 0.2) is 5.82 Å². The minimum atomic E-state index is -1.39. The van der Waals surface area contributed by atoms with Crippen molar-refractivity contribution in [3.05, 3.63) is 57.8 Å². The highest BCUT2D eigenvalue weighted by atomic mass is 32.2. The van der Waals surface area contributed by atoms with Crippen LogP contribution in [0.3, 0.4) is 0 Å². The van der Waals surface area contributed by atoms with Crippen molar-refractivity contribution in [3.63, 3.8) is 0 Å². The van der Waals surface area contributed by atoms with Crippen molar-refractivity contribution >= 4 is 56.6 Å². The quantitative estimate of drug-likeness (QED) is 0.572. The molecule has 0 bridgehead atoms. The predicted octanol–water partition coefficient (Wildman–Crippen LogP) is 3.54. The van der Waals surface area contributed by atoms with E-state index in [1.807, 2.05) is 35.7 Å². The second-order valence-electron chi connectivity index (χ2n) is 5.77. The first-order valence-electron chi connectivity index (χ1n) is 8.90. The minimum absolute atomic E-state index is 0.262. The lowest BCUT2D eigenvalue weighted by molar-refractivity contribution is -0.116. The number of hydrogen-bond acceptors (Lipinski definition) is 7. The molecule has 0 spiro atoms. The molecule has 1 unspecified atom stereocenters. The standard InChI is InChI=1S/C19H19N5O2S2/c1-20-18(25)16-13(8-10-28-16)21-17-15-12(7-9-27-15)23-19(24-17)22-11-5-3-4-6-14(11)26-2/h3-10H,28H2,1-2H3,(H,20,25)(H2,21,22,23,24)/i28D. The lowest BCUT2D eigenvalue weighted by Gasteiger charge is -2.13. The van der Waals surface area contributed by atoms with Gasteiger partial charge in [0.25, 0.3) is 5.91 Å². The number of anilines is 3. The molecule has 0 radical (unpaired) electrons. The summed E-state index contributed by atoms with van der Waals surface area (Å²) in [5.74, 6) is 1.40. The van der Waals surface area contributed by atoms with Crippen LogP contribution in [0.25, 0.3) is 10.2 Å². The van der Waals surface area contributed by atoms with Crippen molar-refractivity contribution < 1.29 is 9.53 Å². The average molecular weight is 415 g/mol. The Morgan fingerprint density at radius 1 is 1.25 bits per heavy atom. The molecule has 3 N–H and O–H groups in total. The summed E-state index contributed by atoms with van der Waals surface area (Å²) < 4.78 is 14.4. The van der Waals surface area contributed by atoms with E-state index in [1.165, 1.54) is 11.3 Å². The fourth-order valence-electron chi connectivity index (χ4n) is 2.74. The predicted molar refractivity (Wildman–Crippen MR) is 118 cm³/mol.